The van der Waals surface area contributed by atoms with Crippen molar-refractivity contribution < 1.29 is 9.53 Å². The lowest BCUT2D eigenvalue weighted by Gasteiger charge is -2.09. The van der Waals surface area contributed by atoms with E-state index in [9.17, 15) is 9.59 Å². The first-order chi connectivity index (χ1) is 10.1. The minimum atomic E-state index is -0.413. The number of ether oxygens (including phenoxy) is 1. The van der Waals surface area contributed by atoms with E-state index >= 15 is 0 Å². The highest BCUT2D eigenvalue weighted by Crippen LogP contribution is 2.21. The Hall–Kier alpha value is -2.48. The van der Waals surface area contributed by atoms with Crippen molar-refractivity contribution in [3.63, 3.8) is 0 Å². The average Bonchev–Trinajstić information content (AvgIpc) is 3.11. The van der Waals surface area contributed by atoms with Gasteiger partial charge in [-0.2, -0.15) is 9.50 Å². The number of carbonyl (C=O) groups is 1. The number of aryl methyl sites for hydroxylation is 1. The Kier molecular flexibility index (Phi) is 3.30. The fourth-order valence-electron chi connectivity index (χ4n) is 2.00. The zero-order chi connectivity index (χ0) is 15.0. The summed E-state index contributed by atoms with van der Waals surface area (Å²) in [6.45, 7) is 1.72. The fourth-order valence-corrected chi connectivity index (χ4v) is 2.65. The Balaban J connectivity index is 2.22. The third kappa shape index (κ3) is 2.33. The smallest absolute Gasteiger partial charge is 0.325 e. The molecule has 3 heterocycles. The van der Waals surface area contributed by atoms with Crippen molar-refractivity contribution in [3.8, 4) is 10.7 Å². The number of hydrogen-bond acceptors (Lipinski definition) is 6. The summed E-state index contributed by atoms with van der Waals surface area (Å²) in [6, 6.07) is 5.18. The number of nitrogens with zero attached hydrogens (tertiary/aromatic N) is 4. The van der Waals surface area contributed by atoms with E-state index in [0.717, 1.165) is 4.88 Å². The van der Waals surface area contributed by atoms with Crippen molar-refractivity contribution in [2.45, 2.75) is 13.5 Å². The zero-order valence-electron chi connectivity index (χ0n) is 11.4. The number of hydrogen-bond donors (Lipinski definition) is 0. The molecule has 0 unspecified atom stereocenters. The maximum Gasteiger partial charge on any atom is 0.325 e. The molecule has 3 rings (SSSR count). The molecule has 8 heteroatoms. The standard InChI is InChI=1S/C13H12N4O3S/c1-8-6-10(18)17-13(16(8)7-11(19)20-2)14-12(15-17)9-4-3-5-21-9/h3-6H,7H2,1-2H3. The van der Waals surface area contributed by atoms with Crippen molar-refractivity contribution in [3.05, 3.63) is 39.6 Å². The predicted octanol–water partition coefficient (Wildman–Crippen LogP) is 1.10. The number of aromatic nitrogens is 4. The van der Waals surface area contributed by atoms with E-state index < -0.39 is 5.97 Å². The van der Waals surface area contributed by atoms with Gasteiger partial charge in [-0.3, -0.25) is 9.59 Å². The molecular formula is C13H12N4O3S. The highest BCUT2D eigenvalue weighted by atomic mass is 32.1. The first-order valence-corrected chi connectivity index (χ1v) is 7.06. The first-order valence-electron chi connectivity index (χ1n) is 6.18. The van der Waals surface area contributed by atoms with E-state index in [0.29, 0.717) is 17.3 Å². The molecule has 0 spiro atoms. The molecule has 0 amide bonds. The number of methoxy groups -OCH3 is 1. The number of rotatable bonds is 3. The van der Waals surface area contributed by atoms with Crippen LogP contribution in [0.15, 0.2) is 28.4 Å². The van der Waals surface area contributed by atoms with Crippen LogP contribution in [0, 0.1) is 6.92 Å². The SMILES string of the molecule is COC(=O)Cn1c(C)cc(=O)n2nc(-c3cccs3)nc12. The van der Waals surface area contributed by atoms with Gasteiger partial charge in [0.1, 0.15) is 6.54 Å². The van der Waals surface area contributed by atoms with Crippen molar-refractivity contribution >= 4 is 23.1 Å². The van der Waals surface area contributed by atoms with Crippen LogP contribution in [-0.4, -0.2) is 32.2 Å². The Morgan fingerprint density at radius 2 is 2.29 bits per heavy atom. The lowest BCUT2D eigenvalue weighted by atomic mass is 10.4. The largest absolute Gasteiger partial charge is 0.468 e. The van der Waals surface area contributed by atoms with Crippen molar-refractivity contribution in [1.82, 2.24) is 19.2 Å². The van der Waals surface area contributed by atoms with Gasteiger partial charge in [-0.15, -0.1) is 16.4 Å². The highest BCUT2D eigenvalue weighted by Gasteiger charge is 2.15. The van der Waals surface area contributed by atoms with Crippen LogP contribution in [0.3, 0.4) is 0 Å². The Bertz CT molecular complexity index is 864. The van der Waals surface area contributed by atoms with Crippen LogP contribution in [0.25, 0.3) is 16.5 Å². The number of fused-ring (bicyclic) bond motifs is 1. The minimum absolute atomic E-state index is 0.0192. The maximum atomic E-state index is 12.0. The predicted molar refractivity (Wildman–Crippen MR) is 77.3 cm³/mol. The fraction of sp³-hybridized carbons (Fsp3) is 0.231. The molecule has 0 aromatic carbocycles. The molecule has 108 valence electrons. The molecular weight excluding hydrogens is 292 g/mol. The van der Waals surface area contributed by atoms with Gasteiger partial charge in [-0.1, -0.05) is 6.07 Å². The van der Waals surface area contributed by atoms with E-state index in [1.807, 2.05) is 17.5 Å². The molecule has 0 saturated carbocycles. The second-order valence-corrected chi connectivity index (χ2v) is 5.36. The molecule has 0 radical (unpaired) electrons. The Morgan fingerprint density at radius 3 is 2.95 bits per heavy atom. The highest BCUT2D eigenvalue weighted by molar-refractivity contribution is 7.13. The van der Waals surface area contributed by atoms with E-state index in [4.69, 9.17) is 0 Å². The molecule has 0 saturated heterocycles. The van der Waals surface area contributed by atoms with Gasteiger partial charge in [0, 0.05) is 11.8 Å². The summed E-state index contributed by atoms with van der Waals surface area (Å²) in [5.41, 5.74) is 0.349. The van der Waals surface area contributed by atoms with Crippen molar-refractivity contribution in [1.29, 1.82) is 0 Å². The molecule has 3 aromatic rings. The van der Waals surface area contributed by atoms with Crippen molar-refractivity contribution in [2.24, 2.45) is 0 Å². The summed E-state index contributed by atoms with van der Waals surface area (Å²) in [6.07, 6.45) is 0. The molecule has 21 heavy (non-hydrogen) atoms. The average molecular weight is 304 g/mol. The van der Waals surface area contributed by atoms with Gasteiger partial charge >= 0.3 is 5.97 Å². The number of thiophene rings is 1. The lowest BCUT2D eigenvalue weighted by molar-refractivity contribution is -0.141. The van der Waals surface area contributed by atoms with Gasteiger partial charge in [0.25, 0.3) is 5.56 Å². The van der Waals surface area contributed by atoms with E-state index in [-0.39, 0.29) is 12.1 Å². The lowest BCUT2D eigenvalue weighted by Crippen LogP contribution is -2.23. The molecule has 0 aliphatic rings. The van der Waals surface area contributed by atoms with Gasteiger partial charge < -0.3 is 9.30 Å². The summed E-state index contributed by atoms with van der Waals surface area (Å²) in [5.74, 6) is 0.379. The van der Waals surface area contributed by atoms with Crippen LogP contribution in [0.2, 0.25) is 0 Å². The summed E-state index contributed by atoms with van der Waals surface area (Å²) in [7, 11) is 1.32. The monoisotopic (exact) mass is 304 g/mol. The van der Waals surface area contributed by atoms with E-state index in [1.165, 1.54) is 29.0 Å². The Labute approximate surface area is 123 Å². The zero-order valence-corrected chi connectivity index (χ0v) is 12.3. The van der Waals surface area contributed by atoms with Gasteiger partial charge in [0.15, 0.2) is 5.82 Å². The van der Waals surface area contributed by atoms with Gasteiger partial charge in [-0.25, -0.2) is 0 Å². The van der Waals surface area contributed by atoms with E-state index in [2.05, 4.69) is 14.8 Å². The van der Waals surface area contributed by atoms with Crippen LogP contribution in [0.1, 0.15) is 5.69 Å². The van der Waals surface area contributed by atoms with Crippen LogP contribution in [-0.2, 0) is 16.1 Å². The topological polar surface area (TPSA) is 78.5 Å². The second kappa shape index (κ2) is 5.13. The Morgan fingerprint density at radius 1 is 1.48 bits per heavy atom. The molecule has 0 bridgehead atoms. The summed E-state index contributed by atoms with van der Waals surface area (Å²) >= 11 is 1.48. The molecule has 0 aliphatic heterocycles. The second-order valence-electron chi connectivity index (χ2n) is 4.41. The third-order valence-electron chi connectivity index (χ3n) is 3.05. The quantitative estimate of drug-likeness (QED) is 0.677. The summed E-state index contributed by atoms with van der Waals surface area (Å²) in [4.78, 5) is 28.8. The maximum absolute atomic E-state index is 12.0. The first kappa shape index (κ1) is 13.5. The molecule has 3 aromatic heterocycles. The summed E-state index contributed by atoms with van der Waals surface area (Å²) in [5, 5.41) is 6.13. The summed E-state index contributed by atoms with van der Waals surface area (Å²) < 4.78 is 7.48. The normalized spacial score (nSPS) is 11.0. The minimum Gasteiger partial charge on any atom is -0.468 e. The molecule has 0 N–H and O–H groups in total. The number of esters is 1. The van der Waals surface area contributed by atoms with Crippen molar-refractivity contribution in [2.75, 3.05) is 7.11 Å². The van der Waals surface area contributed by atoms with Crippen LogP contribution < -0.4 is 5.56 Å². The van der Waals surface area contributed by atoms with Crippen LogP contribution >= 0.6 is 11.3 Å². The molecule has 0 atom stereocenters. The number of carbonyl (C=O) groups excluding carboxylic acids is 1. The molecule has 7 nitrogen and oxygen atoms in total. The van der Waals surface area contributed by atoms with E-state index in [1.54, 1.807) is 11.5 Å². The van der Waals surface area contributed by atoms with Gasteiger partial charge in [0.05, 0.1) is 12.0 Å². The molecule has 0 fully saturated rings. The third-order valence-corrected chi connectivity index (χ3v) is 3.92. The van der Waals surface area contributed by atoms with Crippen LogP contribution in [0.5, 0.6) is 0 Å². The van der Waals surface area contributed by atoms with Gasteiger partial charge in [-0.05, 0) is 18.4 Å². The van der Waals surface area contributed by atoms with Crippen LogP contribution in [0.4, 0.5) is 0 Å². The molecule has 0 aliphatic carbocycles. The van der Waals surface area contributed by atoms with Gasteiger partial charge in [0.2, 0.25) is 5.78 Å².